The lowest BCUT2D eigenvalue weighted by Crippen LogP contribution is -2.03. The summed E-state index contributed by atoms with van der Waals surface area (Å²) in [6.45, 7) is 3.22. The van der Waals surface area contributed by atoms with Crippen molar-refractivity contribution >= 4 is 5.82 Å². The molecule has 0 saturated heterocycles. The maximum atomic E-state index is 8.67. The number of nitrogens with zero attached hydrogens (tertiary/aromatic N) is 2. The minimum absolute atomic E-state index is 0.609. The van der Waals surface area contributed by atoms with Crippen LogP contribution in [0.3, 0.4) is 0 Å². The van der Waals surface area contributed by atoms with E-state index in [0.717, 1.165) is 12.4 Å². The molecule has 0 unspecified atom stereocenters. The molecule has 3 nitrogen and oxygen atoms in total. The lowest BCUT2D eigenvalue weighted by Gasteiger charge is -2.05. The summed E-state index contributed by atoms with van der Waals surface area (Å²) in [5.41, 5.74) is 0.609. The Hall–Kier alpha value is -1.56. The second-order valence-electron chi connectivity index (χ2n) is 4.95. The quantitative estimate of drug-likeness (QED) is 0.629. The molecule has 0 radical (unpaired) electrons. The molecule has 1 rings (SSSR count). The SMILES string of the molecule is CCCCCCCCCCNc1ccc(C#N)cn1. The number of pyridine rings is 1. The Morgan fingerprint density at radius 2 is 1.74 bits per heavy atom. The molecule has 0 amide bonds. The Bertz CT molecular complexity index is 365. The van der Waals surface area contributed by atoms with Gasteiger partial charge in [0.15, 0.2) is 0 Å². The van der Waals surface area contributed by atoms with Gasteiger partial charge in [0, 0.05) is 12.7 Å². The van der Waals surface area contributed by atoms with Crippen LogP contribution in [-0.4, -0.2) is 11.5 Å². The fraction of sp³-hybridized carbons (Fsp3) is 0.625. The third-order valence-electron chi connectivity index (χ3n) is 3.23. The number of aromatic nitrogens is 1. The Morgan fingerprint density at radius 3 is 2.32 bits per heavy atom. The van der Waals surface area contributed by atoms with E-state index in [2.05, 4.69) is 23.3 Å². The van der Waals surface area contributed by atoms with Crippen LogP contribution >= 0.6 is 0 Å². The molecule has 0 fully saturated rings. The van der Waals surface area contributed by atoms with Gasteiger partial charge in [-0.05, 0) is 18.6 Å². The third-order valence-corrected chi connectivity index (χ3v) is 3.23. The molecule has 0 atom stereocenters. The van der Waals surface area contributed by atoms with E-state index < -0.39 is 0 Å². The molecule has 1 heterocycles. The summed E-state index contributed by atoms with van der Waals surface area (Å²) in [6, 6.07) is 5.73. The van der Waals surface area contributed by atoms with Crippen molar-refractivity contribution in [2.24, 2.45) is 0 Å². The van der Waals surface area contributed by atoms with Gasteiger partial charge >= 0.3 is 0 Å². The average Bonchev–Trinajstić information content (AvgIpc) is 2.46. The van der Waals surface area contributed by atoms with Crippen LogP contribution in [0.4, 0.5) is 5.82 Å². The van der Waals surface area contributed by atoms with Crippen LogP contribution in [-0.2, 0) is 0 Å². The van der Waals surface area contributed by atoms with E-state index in [4.69, 9.17) is 5.26 Å². The highest BCUT2D eigenvalue weighted by Crippen LogP contribution is 2.09. The topological polar surface area (TPSA) is 48.7 Å². The highest BCUT2D eigenvalue weighted by molar-refractivity contribution is 5.38. The molecule has 1 aromatic heterocycles. The van der Waals surface area contributed by atoms with Gasteiger partial charge in [0.2, 0.25) is 0 Å². The maximum Gasteiger partial charge on any atom is 0.125 e. The van der Waals surface area contributed by atoms with Gasteiger partial charge in [-0.1, -0.05) is 51.9 Å². The van der Waals surface area contributed by atoms with Gasteiger partial charge in [0.1, 0.15) is 11.9 Å². The number of hydrogen-bond acceptors (Lipinski definition) is 3. The van der Waals surface area contributed by atoms with Crippen LogP contribution in [0, 0.1) is 11.3 Å². The van der Waals surface area contributed by atoms with Crippen LogP contribution < -0.4 is 5.32 Å². The van der Waals surface area contributed by atoms with E-state index in [9.17, 15) is 0 Å². The zero-order valence-corrected chi connectivity index (χ0v) is 12.0. The van der Waals surface area contributed by atoms with Crippen molar-refractivity contribution in [3.8, 4) is 6.07 Å². The van der Waals surface area contributed by atoms with Crippen molar-refractivity contribution in [2.45, 2.75) is 58.3 Å². The Balaban J connectivity index is 1.97. The molecule has 19 heavy (non-hydrogen) atoms. The summed E-state index contributed by atoms with van der Waals surface area (Å²) in [5, 5.41) is 12.0. The molecule has 0 bridgehead atoms. The van der Waals surface area contributed by atoms with Gasteiger partial charge in [0.25, 0.3) is 0 Å². The number of nitrogens with one attached hydrogen (secondary N) is 1. The van der Waals surface area contributed by atoms with E-state index in [-0.39, 0.29) is 0 Å². The first-order valence-electron chi connectivity index (χ1n) is 7.47. The summed E-state index contributed by atoms with van der Waals surface area (Å²) in [6.07, 6.45) is 12.3. The molecule has 0 aromatic carbocycles. The number of anilines is 1. The van der Waals surface area contributed by atoms with E-state index in [1.165, 1.54) is 51.4 Å². The zero-order valence-electron chi connectivity index (χ0n) is 12.0. The molecular weight excluding hydrogens is 234 g/mol. The second-order valence-corrected chi connectivity index (χ2v) is 4.95. The summed E-state index contributed by atoms with van der Waals surface area (Å²) in [5.74, 6) is 0.863. The number of unbranched alkanes of at least 4 members (excludes halogenated alkanes) is 7. The summed E-state index contributed by atoms with van der Waals surface area (Å²) < 4.78 is 0. The molecule has 1 aromatic rings. The number of hydrogen-bond donors (Lipinski definition) is 1. The Kier molecular flexibility index (Phi) is 8.46. The molecule has 1 N–H and O–H groups in total. The van der Waals surface area contributed by atoms with Crippen molar-refractivity contribution in [1.29, 1.82) is 5.26 Å². The monoisotopic (exact) mass is 259 g/mol. The molecule has 0 aliphatic carbocycles. The highest BCUT2D eigenvalue weighted by atomic mass is 15.0. The van der Waals surface area contributed by atoms with E-state index >= 15 is 0 Å². The zero-order chi connectivity index (χ0) is 13.8. The van der Waals surface area contributed by atoms with Gasteiger partial charge < -0.3 is 5.32 Å². The van der Waals surface area contributed by atoms with Crippen molar-refractivity contribution in [3.05, 3.63) is 23.9 Å². The highest BCUT2D eigenvalue weighted by Gasteiger charge is 1.95. The summed E-state index contributed by atoms with van der Waals surface area (Å²) in [4.78, 5) is 4.18. The predicted molar refractivity (Wildman–Crippen MR) is 80.1 cm³/mol. The van der Waals surface area contributed by atoms with Crippen LogP contribution in [0.1, 0.15) is 63.9 Å². The van der Waals surface area contributed by atoms with Gasteiger partial charge in [-0.25, -0.2) is 4.98 Å². The molecular formula is C16H25N3. The number of rotatable bonds is 10. The average molecular weight is 259 g/mol. The van der Waals surface area contributed by atoms with Gasteiger partial charge in [-0.15, -0.1) is 0 Å². The van der Waals surface area contributed by atoms with E-state index in [0.29, 0.717) is 5.56 Å². The van der Waals surface area contributed by atoms with Crippen molar-refractivity contribution < 1.29 is 0 Å². The molecule has 3 heteroatoms. The first-order chi connectivity index (χ1) is 9.36. The fourth-order valence-corrected chi connectivity index (χ4v) is 2.04. The second kappa shape index (κ2) is 10.4. The van der Waals surface area contributed by atoms with Crippen molar-refractivity contribution in [1.82, 2.24) is 4.98 Å². The maximum absolute atomic E-state index is 8.67. The largest absolute Gasteiger partial charge is 0.370 e. The van der Waals surface area contributed by atoms with Crippen molar-refractivity contribution in [3.63, 3.8) is 0 Å². The van der Waals surface area contributed by atoms with Gasteiger partial charge in [-0.2, -0.15) is 5.26 Å². The lowest BCUT2D eigenvalue weighted by atomic mass is 10.1. The van der Waals surface area contributed by atoms with Gasteiger partial charge in [-0.3, -0.25) is 0 Å². The summed E-state index contributed by atoms with van der Waals surface area (Å²) in [7, 11) is 0. The minimum Gasteiger partial charge on any atom is -0.370 e. The van der Waals surface area contributed by atoms with Gasteiger partial charge in [0.05, 0.1) is 5.56 Å². The van der Waals surface area contributed by atoms with Crippen LogP contribution in [0.15, 0.2) is 18.3 Å². The molecule has 0 saturated carbocycles. The smallest absolute Gasteiger partial charge is 0.125 e. The normalized spacial score (nSPS) is 10.1. The molecule has 0 aliphatic heterocycles. The van der Waals surface area contributed by atoms with Crippen LogP contribution in [0.5, 0.6) is 0 Å². The predicted octanol–water partition coefficient (Wildman–Crippen LogP) is 4.51. The lowest BCUT2D eigenvalue weighted by molar-refractivity contribution is 0.581. The van der Waals surface area contributed by atoms with E-state index in [1.807, 2.05) is 6.07 Å². The molecule has 104 valence electrons. The Labute approximate surface area is 117 Å². The third kappa shape index (κ3) is 7.46. The van der Waals surface area contributed by atoms with E-state index in [1.54, 1.807) is 12.3 Å². The van der Waals surface area contributed by atoms with Crippen LogP contribution in [0.2, 0.25) is 0 Å². The minimum atomic E-state index is 0.609. The van der Waals surface area contributed by atoms with Crippen molar-refractivity contribution in [2.75, 3.05) is 11.9 Å². The van der Waals surface area contributed by atoms with Crippen LogP contribution in [0.25, 0.3) is 0 Å². The summed E-state index contributed by atoms with van der Waals surface area (Å²) >= 11 is 0. The number of nitriles is 1. The molecule has 0 aliphatic rings. The first-order valence-corrected chi connectivity index (χ1v) is 7.47. The molecule has 0 spiro atoms. The first kappa shape index (κ1) is 15.5. The Morgan fingerprint density at radius 1 is 1.05 bits per heavy atom. The standard InChI is InChI=1S/C16H25N3/c1-2-3-4-5-6-7-8-9-12-18-16-11-10-15(13-17)14-19-16/h10-11,14H,2-9,12H2,1H3,(H,18,19). The fourth-order valence-electron chi connectivity index (χ4n) is 2.04.